The summed E-state index contributed by atoms with van der Waals surface area (Å²) in [6.07, 6.45) is 3.41. The molecule has 0 aliphatic heterocycles. The van der Waals surface area contributed by atoms with E-state index >= 15 is 0 Å². The lowest BCUT2D eigenvalue weighted by Crippen LogP contribution is -2.20. The van der Waals surface area contributed by atoms with Crippen LogP contribution in [0, 0.1) is 6.92 Å². The van der Waals surface area contributed by atoms with Crippen LogP contribution in [0.4, 0.5) is 0 Å². The van der Waals surface area contributed by atoms with Crippen LogP contribution in [0.15, 0.2) is 30.3 Å². The lowest BCUT2D eigenvalue weighted by molar-refractivity contribution is 0.521. The molecule has 2 aromatic rings. The highest BCUT2D eigenvalue weighted by Gasteiger charge is 2.24. The topological polar surface area (TPSA) is 30.9 Å². The van der Waals surface area contributed by atoms with Crippen molar-refractivity contribution in [1.82, 2.24) is 4.57 Å². The number of aryl methyl sites for hydroxylation is 1. The first-order chi connectivity index (χ1) is 9.58. The van der Waals surface area contributed by atoms with Gasteiger partial charge in [-0.2, -0.15) is 0 Å². The lowest BCUT2D eigenvalue weighted by atomic mass is 9.93. The van der Waals surface area contributed by atoms with Gasteiger partial charge in [0.25, 0.3) is 0 Å². The van der Waals surface area contributed by atoms with E-state index in [1.54, 1.807) is 0 Å². The van der Waals surface area contributed by atoms with Crippen molar-refractivity contribution in [2.24, 2.45) is 5.73 Å². The molecule has 20 heavy (non-hydrogen) atoms. The minimum atomic E-state index is 0.199. The molecule has 3 heteroatoms. The van der Waals surface area contributed by atoms with Gasteiger partial charge in [0.2, 0.25) is 0 Å². The normalized spacial score (nSPS) is 19.7. The second-order valence-electron chi connectivity index (χ2n) is 5.79. The Kier molecular flexibility index (Phi) is 3.61. The van der Waals surface area contributed by atoms with Gasteiger partial charge >= 0.3 is 0 Å². The van der Waals surface area contributed by atoms with E-state index in [1.165, 1.54) is 28.9 Å². The van der Waals surface area contributed by atoms with Gasteiger partial charge in [0.05, 0.1) is 6.04 Å². The van der Waals surface area contributed by atoms with Gasteiger partial charge in [-0.1, -0.05) is 23.7 Å². The molecule has 106 valence electrons. The number of hydrogen-bond donors (Lipinski definition) is 1. The molecule has 1 heterocycles. The summed E-state index contributed by atoms with van der Waals surface area (Å²) >= 11 is 6.13. The maximum atomic E-state index is 6.26. The second kappa shape index (κ2) is 5.27. The first-order valence-electron chi connectivity index (χ1n) is 7.29. The Bertz CT molecular complexity index is 630. The molecule has 0 radical (unpaired) electrons. The van der Waals surface area contributed by atoms with Crippen LogP contribution in [0.3, 0.4) is 0 Å². The van der Waals surface area contributed by atoms with Crippen molar-refractivity contribution in [1.29, 1.82) is 0 Å². The van der Waals surface area contributed by atoms with Gasteiger partial charge in [-0.3, -0.25) is 0 Å². The summed E-state index contributed by atoms with van der Waals surface area (Å²) in [7, 11) is 0. The first-order valence-corrected chi connectivity index (χ1v) is 7.67. The summed E-state index contributed by atoms with van der Waals surface area (Å²) < 4.78 is 2.43. The lowest BCUT2D eigenvalue weighted by Gasteiger charge is -2.25. The third-order valence-electron chi connectivity index (χ3n) is 4.41. The molecule has 0 fully saturated rings. The van der Waals surface area contributed by atoms with E-state index in [0.29, 0.717) is 6.04 Å². The van der Waals surface area contributed by atoms with Gasteiger partial charge in [-0.05, 0) is 62.4 Å². The molecule has 2 unspecified atom stereocenters. The van der Waals surface area contributed by atoms with Gasteiger partial charge in [0.15, 0.2) is 0 Å². The number of hydrogen-bond acceptors (Lipinski definition) is 1. The van der Waals surface area contributed by atoms with Gasteiger partial charge in [0, 0.05) is 22.5 Å². The molecule has 2 nitrogen and oxygen atoms in total. The number of halogens is 1. The van der Waals surface area contributed by atoms with Crippen molar-refractivity contribution in [3.05, 3.63) is 57.9 Å². The predicted octanol–water partition coefficient (Wildman–Crippen LogP) is 4.40. The maximum Gasteiger partial charge on any atom is 0.0557 e. The summed E-state index contributed by atoms with van der Waals surface area (Å²) in [5.41, 5.74) is 11.5. The number of aromatic nitrogens is 1. The van der Waals surface area contributed by atoms with Gasteiger partial charge < -0.3 is 10.3 Å². The molecule has 0 amide bonds. The third-order valence-corrected chi connectivity index (χ3v) is 4.65. The number of nitrogens with zero attached hydrogens (tertiary/aromatic N) is 1. The predicted molar refractivity (Wildman–Crippen MR) is 84.3 cm³/mol. The molecule has 2 N–H and O–H groups in total. The van der Waals surface area contributed by atoms with Gasteiger partial charge in [-0.15, -0.1) is 0 Å². The highest BCUT2D eigenvalue weighted by Crippen LogP contribution is 2.34. The van der Waals surface area contributed by atoms with Crippen molar-refractivity contribution < 1.29 is 0 Å². The zero-order chi connectivity index (χ0) is 14.3. The summed E-state index contributed by atoms with van der Waals surface area (Å²) in [5, 5.41) is 0.796. The number of benzene rings is 1. The van der Waals surface area contributed by atoms with Crippen LogP contribution >= 0.6 is 11.6 Å². The van der Waals surface area contributed by atoms with Crippen LogP contribution in [0.1, 0.15) is 54.4 Å². The van der Waals surface area contributed by atoms with Crippen LogP contribution in [-0.4, -0.2) is 4.57 Å². The Balaban J connectivity index is 2.06. The molecule has 1 aliphatic rings. The van der Waals surface area contributed by atoms with Crippen molar-refractivity contribution in [2.75, 3.05) is 0 Å². The molecular formula is C17H21ClN2. The largest absolute Gasteiger partial charge is 0.341 e. The van der Waals surface area contributed by atoms with E-state index < -0.39 is 0 Å². The molecule has 0 bridgehead atoms. The molecule has 3 rings (SSSR count). The Morgan fingerprint density at radius 2 is 2.15 bits per heavy atom. The molecule has 1 aromatic heterocycles. The fraction of sp³-hybridized carbons (Fsp3) is 0.412. The van der Waals surface area contributed by atoms with Crippen LogP contribution in [0.25, 0.3) is 0 Å². The zero-order valence-corrected chi connectivity index (χ0v) is 12.8. The average Bonchev–Trinajstić information content (AvgIpc) is 2.76. The van der Waals surface area contributed by atoms with Crippen molar-refractivity contribution in [2.45, 2.75) is 45.2 Å². The van der Waals surface area contributed by atoms with Crippen molar-refractivity contribution >= 4 is 11.6 Å². The van der Waals surface area contributed by atoms with Crippen LogP contribution in [0.2, 0.25) is 5.02 Å². The summed E-state index contributed by atoms with van der Waals surface area (Å²) in [6.45, 7) is 4.41. The number of nitrogens with two attached hydrogens (primary N) is 1. The van der Waals surface area contributed by atoms with Crippen LogP contribution in [0.5, 0.6) is 0 Å². The van der Waals surface area contributed by atoms with Crippen molar-refractivity contribution in [3.63, 3.8) is 0 Å². The molecule has 1 aliphatic carbocycles. The summed E-state index contributed by atoms with van der Waals surface area (Å²) in [4.78, 5) is 0. The molecule has 1 aromatic carbocycles. The Morgan fingerprint density at radius 1 is 1.35 bits per heavy atom. The van der Waals surface area contributed by atoms with Crippen LogP contribution < -0.4 is 5.73 Å². The van der Waals surface area contributed by atoms with Gasteiger partial charge in [0.1, 0.15) is 0 Å². The molecule has 0 saturated carbocycles. The number of rotatable bonds is 2. The Morgan fingerprint density at radius 3 is 2.90 bits per heavy atom. The minimum absolute atomic E-state index is 0.199. The molecular weight excluding hydrogens is 268 g/mol. The fourth-order valence-corrected chi connectivity index (χ4v) is 3.61. The van der Waals surface area contributed by atoms with Crippen molar-refractivity contribution in [3.8, 4) is 0 Å². The highest BCUT2D eigenvalue weighted by molar-refractivity contribution is 6.30. The third kappa shape index (κ3) is 2.27. The van der Waals surface area contributed by atoms with E-state index in [4.69, 9.17) is 17.3 Å². The zero-order valence-electron chi connectivity index (χ0n) is 12.1. The monoisotopic (exact) mass is 288 g/mol. The maximum absolute atomic E-state index is 6.26. The first kappa shape index (κ1) is 13.7. The van der Waals surface area contributed by atoms with E-state index in [1.807, 2.05) is 12.1 Å². The fourth-order valence-electron chi connectivity index (χ4n) is 3.42. The number of fused-ring (bicyclic) bond motifs is 1. The van der Waals surface area contributed by atoms with E-state index in [0.717, 1.165) is 17.9 Å². The second-order valence-corrected chi connectivity index (χ2v) is 6.22. The Labute approximate surface area is 125 Å². The summed E-state index contributed by atoms with van der Waals surface area (Å²) in [5.74, 6) is 0. The molecule has 0 saturated heterocycles. The minimum Gasteiger partial charge on any atom is -0.341 e. The Hall–Kier alpha value is -1.25. The SMILES string of the molecule is Cc1cc2c(n1C(C)c1cccc(Cl)c1)CCCC2N. The van der Waals surface area contributed by atoms with E-state index in [2.05, 4.69) is 36.6 Å². The molecule has 2 atom stereocenters. The highest BCUT2D eigenvalue weighted by atomic mass is 35.5. The quantitative estimate of drug-likeness (QED) is 0.873. The average molecular weight is 289 g/mol. The van der Waals surface area contributed by atoms with E-state index in [9.17, 15) is 0 Å². The summed E-state index contributed by atoms with van der Waals surface area (Å²) in [6, 6.07) is 10.9. The van der Waals surface area contributed by atoms with Gasteiger partial charge in [-0.25, -0.2) is 0 Å². The molecule has 0 spiro atoms. The van der Waals surface area contributed by atoms with E-state index in [-0.39, 0.29) is 6.04 Å². The smallest absolute Gasteiger partial charge is 0.0557 e. The van der Waals surface area contributed by atoms with Crippen LogP contribution in [-0.2, 0) is 6.42 Å². The standard InChI is InChI=1S/C17H21ClN2/c1-11-9-15-16(19)7-4-8-17(15)20(11)12(2)13-5-3-6-14(18)10-13/h3,5-6,9-10,12,16H,4,7-8,19H2,1-2H3.